The van der Waals surface area contributed by atoms with E-state index < -0.39 is 6.43 Å². The first-order valence-corrected chi connectivity index (χ1v) is 25.6. The van der Waals surface area contributed by atoms with Crippen molar-refractivity contribution in [3.63, 3.8) is 0 Å². The van der Waals surface area contributed by atoms with Gasteiger partial charge < -0.3 is 34.4 Å². The van der Waals surface area contributed by atoms with Gasteiger partial charge in [-0.1, -0.05) is 11.6 Å². The van der Waals surface area contributed by atoms with E-state index in [2.05, 4.69) is 46.1 Å². The highest BCUT2D eigenvalue weighted by molar-refractivity contribution is 6.31. The number of benzene rings is 1. The Morgan fingerprint density at radius 1 is 1.00 bits per heavy atom. The van der Waals surface area contributed by atoms with Crippen LogP contribution >= 0.6 is 11.6 Å². The number of hydrogen-bond acceptors (Lipinski definition) is 12. The number of alkyl halides is 2. The highest BCUT2D eigenvalue weighted by Gasteiger charge is 2.41. The quantitative estimate of drug-likeness (QED) is 0.149. The van der Waals surface area contributed by atoms with Gasteiger partial charge in [-0.05, 0) is 107 Å². The van der Waals surface area contributed by atoms with E-state index in [-0.39, 0.29) is 52.8 Å². The summed E-state index contributed by atoms with van der Waals surface area (Å²) in [7, 11) is 3.62. The maximum atomic E-state index is 14.8. The van der Waals surface area contributed by atoms with Gasteiger partial charge in [-0.25, -0.2) is 8.78 Å². The Balaban J connectivity index is 0.743. The SMILES string of the molecule is COC1(CN2CCC(n3nc(N4CCCC5CC(c6cnn(C)c6)=C(C(F)F)C=C54)c4c3CCN(C(C)=O)C4)CC2)CCN(c2ccc(C(=O)NC3CCC(Oc4ccc(C#N)c(Cl)c4)CC3)nn2)CC1. The van der Waals surface area contributed by atoms with Gasteiger partial charge in [0, 0.05) is 126 Å². The molecule has 16 nitrogen and oxygen atoms in total. The number of nitrogens with zero attached hydrogens (tertiary/aromatic N) is 11. The molecule has 1 unspecified atom stereocenters. The first-order valence-electron chi connectivity index (χ1n) is 25.3. The van der Waals surface area contributed by atoms with Gasteiger partial charge in [-0.3, -0.25) is 19.0 Å². The fraction of sp³-hybridized carbons (Fsp3) is 0.558. The number of allylic oxidation sites excluding steroid dienone is 4. The van der Waals surface area contributed by atoms with Gasteiger partial charge in [0.25, 0.3) is 12.3 Å². The highest BCUT2D eigenvalue weighted by atomic mass is 35.5. The zero-order valence-corrected chi connectivity index (χ0v) is 41.6. The number of anilines is 2. The van der Waals surface area contributed by atoms with Gasteiger partial charge in [0.1, 0.15) is 11.8 Å². The smallest absolute Gasteiger partial charge is 0.272 e. The Bertz CT molecular complexity index is 2710. The van der Waals surface area contributed by atoms with E-state index in [4.69, 9.17) is 31.4 Å². The number of aryl methyl sites for hydroxylation is 1. The number of carbonyl (C=O) groups is 2. The Kier molecular flexibility index (Phi) is 14.2. The summed E-state index contributed by atoms with van der Waals surface area (Å²) < 4.78 is 46.0. The molecule has 10 rings (SSSR count). The first kappa shape index (κ1) is 48.7. The molecule has 3 aromatic heterocycles. The van der Waals surface area contributed by atoms with Gasteiger partial charge in [-0.2, -0.15) is 15.5 Å². The zero-order chi connectivity index (χ0) is 49.4. The van der Waals surface area contributed by atoms with Crippen LogP contribution in [0.5, 0.6) is 5.75 Å². The van der Waals surface area contributed by atoms with E-state index in [0.717, 1.165) is 131 Å². The second kappa shape index (κ2) is 20.7. The van der Waals surface area contributed by atoms with Crippen LogP contribution in [0.3, 0.4) is 0 Å². The molecule has 3 saturated heterocycles. The molecule has 4 aliphatic heterocycles. The van der Waals surface area contributed by atoms with Gasteiger partial charge in [0.05, 0.1) is 41.1 Å². The van der Waals surface area contributed by atoms with E-state index in [0.29, 0.717) is 54.4 Å². The van der Waals surface area contributed by atoms with Crippen molar-refractivity contribution in [1.29, 1.82) is 5.26 Å². The Morgan fingerprint density at radius 3 is 2.45 bits per heavy atom. The van der Waals surface area contributed by atoms with Crippen LogP contribution in [0.2, 0.25) is 5.02 Å². The number of ether oxygens (including phenoxy) is 2. The lowest BCUT2D eigenvalue weighted by molar-refractivity contribution is -0.129. The number of rotatable bonds is 12. The minimum absolute atomic E-state index is 0.00685. The molecule has 19 heteroatoms. The summed E-state index contributed by atoms with van der Waals surface area (Å²) >= 11 is 6.18. The largest absolute Gasteiger partial charge is 0.490 e. The van der Waals surface area contributed by atoms with Gasteiger partial charge in [0.2, 0.25) is 5.91 Å². The molecule has 7 heterocycles. The molecule has 0 bridgehead atoms. The zero-order valence-electron chi connectivity index (χ0n) is 40.8. The molecule has 71 heavy (non-hydrogen) atoms. The monoisotopic (exact) mass is 992 g/mol. The van der Waals surface area contributed by atoms with Crippen molar-refractivity contribution in [2.45, 2.75) is 121 Å². The van der Waals surface area contributed by atoms with Crippen LogP contribution in [0.15, 0.2) is 60.1 Å². The third-order valence-corrected chi connectivity index (χ3v) is 16.2. The summed E-state index contributed by atoms with van der Waals surface area (Å²) in [5.41, 5.74) is 4.95. The second-order valence-corrected chi connectivity index (χ2v) is 20.7. The lowest BCUT2D eigenvalue weighted by Gasteiger charge is -2.45. The van der Waals surface area contributed by atoms with Crippen molar-refractivity contribution < 1.29 is 27.8 Å². The number of hydrogen-bond donors (Lipinski definition) is 1. The second-order valence-electron chi connectivity index (χ2n) is 20.3. The topological polar surface area (TPSA) is 163 Å². The van der Waals surface area contributed by atoms with Gasteiger partial charge >= 0.3 is 0 Å². The first-order chi connectivity index (χ1) is 34.4. The van der Waals surface area contributed by atoms with Crippen molar-refractivity contribution in [2.24, 2.45) is 13.0 Å². The number of piperidine rings is 3. The minimum Gasteiger partial charge on any atom is -0.490 e. The van der Waals surface area contributed by atoms with Crippen molar-refractivity contribution in [3.8, 4) is 11.8 Å². The van der Waals surface area contributed by atoms with E-state index in [1.807, 2.05) is 24.3 Å². The van der Waals surface area contributed by atoms with Crippen LogP contribution in [-0.2, 0) is 29.5 Å². The Labute approximate surface area is 418 Å². The molecule has 6 aliphatic rings. The summed E-state index contributed by atoms with van der Waals surface area (Å²) in [6.07, 6.45) is 12.2. The number of amides is 2. The van der Waals surface area contributed by atoms with Crippen molar-refractivity contribution in [2.75, 3.05) is 62.7 Å². The lowest BCUT2D eigenvalue weighted by atomic mass is 9.79. The number of carbonyl (C=O) groups excluding carboxylic acids is 2. The van der Waals surface area contributed by atoms with E-state index in [9.17, 15) is 18.4 Å². The van der Waals surface area contributed by atoms with E-state index in [1.165, 1.54) is 0 Å². The lowest BCUT2D eigenvalue weighted by Crippen LogP contribution is -2.53. The molecule has 1 N–H and O–H groups in total. The Morgan fingerprint density at radius 2 is 1.79 bits per heavy atom. The average molecular weight is 994 g/mol. The van der Waals surface area contributed by atoms with Crippen molar-refractivity contribution in [1.82, 2.24) is 44.9 Å². The molecule has 2 aliphatic carbocycles. The standard InChI is InChI=1S/C52H63ClF2N12O4/c1-33(68)65-22-16-46-43(31-65)50(66-19-4-5-34-25-41(36-29-57-62(2)30-36)42(49(54)55)27-47(34)66)61-67(46)38-14-20-63(21-15-38)32-52(70-3)17-23-64(24-18-52)48-13-12-45(59-60-48)51(69)58-37-7-10-39(11-8-37)71-40-9-6-35(28-56)44(53)26-40/h6,9,12-13,26-27,29-30,34,37-39,49H,4-5,7-8,10-11,14-25,31-32H2,1-3H3,(H,58,69). The van der Waals surface area contributed by atoms with Crippen molar-refractivity contribution >= 4 is 40.6 Å². The van der Waals surface area contributed by atoms with Crippen molar-refractivity contribution in [3.05, 3.63) is 93.2 Å². The number of halogens is 3. The predicted octanol–water partition coefficient (Wildman–Crippen LogP) is 7.50. The molecule has 1 saturated carbocycles. The number of methoxy groups -OCH3 is 1. The van der Waals surface area contributed by atoms with Crippen LogP contribution in [-0.4, -0.2) is 128 Å². The molecule has 0 spiro atoms. The number of likely N-dealkylation sites (tertiary alicyclic amines) is 1. The maximum Gasteiger partial charge on any atom is 0.272 e. The molecule has 4 aromatic rings. The number of aromatic nitrogens is 6. The third-order valence-electron chi connectivity index (χ3n) is 15.9. The molecule has 2 amide bonds. The Hall–Kier alpha value is -5.90. The molecule has 4 fully saturated rings. The molecule has 0 radical (unpaired) electrons. The summed E-state index contributed by atoms with van der Waals surface area (Å²) in [6.45, 7) is 7.47. The molecular weight excluding hydrogens is 930 g/mol. The third kappa shape index (κ3) is 10.3. The van der Waals surface area contributed by atoms with E-state index >= 15 is 0 Å². The van der Waals surface area contributed by atoms with Crippen LogP contribution in [0.25, 0.3) is 5.57 Å². The van der Waals surface area contributed by atoms with Gasteiger partial charge in [0.15, 0.2) is 17.3 Å². The van der Waals surface area contributed by atoms with Gasteiger partial charge in [-0.15, -0.1) is 10.2 Å². The normalized spacial score (nSPS) is 23.0. The summed E-state index contributed by atoms with van der Waals surface area (Å²) in [5.74, 6) is 2.05. The average Bonchev–Trinajstić information content (AvgIpc) is 4.00. The summed E-state index contributed by atoms with van der Waals surface area (Å²) in [4.78, 5) is 34.7. The summed E-state index contributed by atoms with van der Waals surface area (Å²) in [5, 5.41) is 31.1. The fourth-order valence-electron chi connectivity index (χ4n) is 11.9. The molecule has 376 valence electrons. The number of nitriles is 1. The number of nitrogens with one attached hydrogen (secondary N) is 1. The van der Waals surface area contributed by atoms with E-state index in [1.54, 1.807) is 55.2 Å². The maximum absolute atomic E-state index is 14.8. The van der Waals surface area contributed by atoms with Crippen LogP contribution in [0, 0.1) is 17.2 Å². The number of fused-ring (bicyclic) bond motifs is 2. The molecule has 1 atom stereocenters. The fourth-order valence-corrected chi connectivity index (χ4v) is 12.1. The van der Waals surface area contributed by atoms with Crippen LogP contribution in [0.4, 0.5) is 20.4 Å². The van der Waals surface area contributed by atoms with Crippen LogP contribution in [0.1, 0.15) is 116 Å². The predicted molar refractivity (Wildman–Crippen MR) is 264 cm³/mol. The molecule has 1 aromatic carbocycles. The molecular formula is C52H63ClF2N12O4. The summed E-state index contributed by atoms with van der Waals surface area (Å²) in [6, 6.07) is 11.0. The minimum atomic E-state index is -2.62. The van der Waals surface area contributed by atoms with Crippen LogP contribution < -0.4 is 19.9 Å². The highest BCUT2D eigenvalue weighted by Crippen LogP contribution is 2.46.